The zero-order valence-corrected chi connectivity index (χ0v) is 20.9. The van der Waals surface area contributed by atoms with E-state index in [1.165, 1.54) is 22.0 Å². The summed E-state index contributed by atoms with van der Waals surface area (Å²) in [4.78, 5) is 0. The Kier molecular flexibility index (Phi) is 8.71. The second kappa shape index (κ2) is 9.44. The average molecular weight is 444 g/mol. The zero-order chi connectivity index (χ0) is 20.2. The van der Waals surface area contributed by atoms with Gasteiger partial charge in [0.05, 0.1) is 0 Å². The molecule has 0 aromatic heterocycles. The molecule has 148 valence electrons. The molecular formula is C22H38O2PSe+. The van der Waals surface area contributed by atoms with Gasteiger partial charge in [0.1, 0.15) is 0 Å². The molecule has 4 heteroatoms. The zero-order valence-electron chi connectivity index (χ0n) is 18.2. The van der Waals surface area contributed by atoms with Crippen LogP contribution in [0.3, 0.4) is 0 Å². The van der Waals surface area contributed by atoms with Crippen molar-refractivity contribution in [2.24, 2.45) is 0 Å². The number of rotatable bonds is 9. The fraction of sp³-hybridized carbons (Fsp3) is 0.727. The second-order valence-electron chi connectivity index (χ2n) is 9.55. The van der Waals surface area contributed by atoms with Gasteiger partial charge in [-0.2, -0.15) is 0 Å². The minimum atomic E-state index is 0.0789. The summed E-state index contributed by atoms with van der Waals surface area (Å²) in [6.45, 7) is 18.5. The molecule has 0 saturated carbocycles. The molecule has 0 saturated heterocycles. The van der Waals surface area contributed by atoms with E-state index in [1.54, 1.807) is 14.2 Å². The third-order valence-electron chi connectivity index (χ3n) is 5.43. The Bertz CT molecular complexity index is 574. The molecule has 0 spiro atoms. The van der Waals surface area contributed by atoms with Crippen molar-refractivity contribution in [3.63, 3.8) is 0 Å². The van der Waals surface area contributed by atoms with Crippen molar-refractivity contribution >= 4 is 27.2 Å². The van der Waals surface area contributed by atoms with Crippen LogP contribution < -0.4 is 5.30 Å². The molecule has 2 nitrogen and oxygen atoms in total. The maximum atomic E-state index is 5.40. The van der Waals surface area contributed by atoms with Crippen molar-refractivity contribution in [3.8, 4) is 0 Å². The van der Waals surface area contributed by atoms with Crippen LogP contribution in [0.1, 0.15) is 78.0 Å². The van der Waals surface area contributed by atoms with Crippen molar-refractivity contribution in [2.75, 3.05) is 27.4 Å². The third-order valence-corrected chi connectivity index (χ3v) is 7.45. The summed E-state index contributed by atoms with van der Waals surface area (Å²) < 4.78 is 10.8. The van der Waals surface area contributed by atoms with Crippen LogP contribution in [0.25, 0.3) is 0 Å². The van der Waals surface area contributed by atoms with E-state index < -0.39 is 0 Å². The van der Waals surface area contributed by atoms with Crippen LogP contribution >= 0.6 is 6.83 Å². The molecule has 0 fully saturated rings. The molecule has 1 aromatic rings. The van der Waals surface area contributed by atoms with E-state index in [9.17, 15) is 0 Å². The van der Waals surface area contributed by atoms with Crippen molar-refractivity contribution in [1.29, 1.82) is 0 Å². The molecule has 0 aliphatic heterocycles. The number of ether oxygens (including phenoxy) is 2. The van der Waals surface area contributed by atoms with Crippen molar-refractivity contribution in [2.45, 2.75) is 77.6 Å². The fourth-order valence-electron chi connectivity index (χ4n) is 3.24. The summed E-state index contributed by atoms with van der Waals surface area (Å²) in [7, 11) is 3.58. The molecule has 0 bridgehead atoms. The van der Waals surface area contributed by atoms with Gasteiger partial charge in [-0.1, -0.05) is 0 Å². The molecule has 0 amide bonds. The van der Waals surface area contributed by atoms with Gasteiger partial charge < -0.3 is 0 Å². The number of hydrogen-bond acceptors (Lipinski definition) is 2. The molecule has 1 atom stereocenters. The summed E-state index contributed by atoms with van der Waals surface area (Å²) in [6, 6.07) is 4.90. The number of hydrogen-bond donors (Lipinski definition) is 0. The number of benzene rings is 1. The molecule has 0 aliphatic rings. The van der Waals surface area contributed by atoms with Gasteiger partial charge in [0.2, 0.25) is 0 Å². The van der Waals surface area contributed by atoms with Gasteiger partial charge in [-0.3, -0.25) is 0 Å². The first kappa shape index (κ1) is 24.0. The Balaban J connectivity index is 3.68. The SMILES string of the molecule is COCCC(C)(C)c1cc(C(C)(C)C)cc(C(C)(C)CCOC)c1[PH+]=[Se]. The second-order valence-corrected chi connectivity index (χ2v) is 11.5. The first-order chi connectivity index (χ1) is 11.9. The van der Waals surface area contributed by atoms with E-state index in [1.807, 2.05) is 0 Å². The normalized spacial score (nSPS) is 13.4. The van der Waals surface area contributed by atoms with E-state index in [0.29, 0.717) is 6.83 Å². The first-order valence-corrected chi connectivity index (χ1v) is 12.9. The predicted octanol–water partition coefficient (Wildman–Crippen LogP) is 5.00. The predicted molar refractivity (Wildman–Crippen MR) is 118 cm³/mol. The Morgan fingerprint density at radius 2 is 1.19 bits per heavy atom. The van der Waals surface area contributed by atoms with E-state index in [0.717, 1.165) is 26.1 Å². The van der Waals surface area contributed by atoms with Gasteiger partial charge in [-0.05, 0) is 0 Å². The Morgan fingerprint density at radius 3 is 1.46 bits per heavy atom. The van der Waals surface area contributed by atoms with Crippen LogP contribution in [0.4, 0.5) is 0 Å². The van der Waals surface area contributed by atoms with Gasteiger partial charge >= 0.3 is 171 Å². The number of methoxy groups -OCH3 is 2. The first-order valence-electron chi connectivity index (χ1n) is 9.46. The summed E-state index contributed by atoms with van der Waals surface area (Å²) in [5, 5.41) is 1.49. The molecule has 0 radical (unpaired) electrons. The average Bonchev–Trinajstić information content (AvgIpc) is 2.56. The molecule has 1 rings (SSSR count). The van der Waals surface area contributed by atoms with E-state index >= 15 is 0 Å². The van der Waals surface area contributed by atoms with Gasteiger partial charge in [-0.25, -0.2) is 0 Å². The molecule has 0 heterocycles. The monoisotopic (exact) mass is 445 g/mol. The standard InChI is InChI=1S/C22H37O2PSe/c1-20(2,3)16-14-17(21(4,5)10-12-23-8)19(25-26)18(15-16)22(6,7)11-13-24-9/h14-15H,10-13H2,1-9H3/p+1. The van der Waals surface area contributed by atoms with Crippen LogP contribution in [0, 0.1) is 0 Å². The fourth-order valence-corrected chi connectivity index (χ4v) is 5.66. The quantitative estimate of drug-likeness (QED) is 0.394. The van der Waals surface area contributed by atoms with E-state index in [4.69, 9.17) is 9.47 Å². The Hall–Kier alpha value is -0.0405. The van der Waals surface area contributed by atoms with Gasteiger partial charge in [0, 0.05) is 0 Å². The van der Waals surface area contributed by atoms with Crippen LogP contribution in [0.15, 0.2) is 12.1 Å². The molecule has 0 N–H and O–H groups in total. The third kappa shape index (κ3) is 5.98. The maximum absolute atomic E-state index is 5.40. The van der Waals surface area contributed by atoms with Crippen LogP contribution in [0.5, 0.6) is 0 Å². The summed E-state index contributed by atoms with van der Waals surface area (Å²) >= 11 is 3.32. The molecular weight excluding hydrogens is 406 g/mol. The van der Waals surface area contributed by atoms with Crippen LogP contribution in [-0.4, -0.2) is 42.5 Å². The summed E-state index contributed by atoms with van der Waals surface area (Å²) in [5.41, 5.74) is 4.64. The van der Waals surface area contributed by atoms with Gasteiger partial charge in [0.15, 0.2) is 0 Å². The van der Waals surface area contributed by atoms with Crippen molar-refractivity contribution < 1.29 is 9.47 Å². The minimum absolute atomic E-state index is 0.0789. The Labute approximate surface area is 170 Å². The molecule has 0 aliphatic carbocycles. The van der Waals surface area contributed by atoms with Gasteiger partial charge in [0.25, 0.3) is 0 Å². The van der Waals surface area contributed by atoms with E-state index in [2.05, 4.69) is 75.7 Å². The summed E-state index contributed by atoms with van der Waals surface area (Å²) in [5.74, 6) is 0. The van der Waals surface area contributed by atoms with Crippen LogP contribution in [-0.2, 0) is 25.7 Å². The Morgan fingerprint density at radius 1 is 0.808 bits per heavy atom. The molecule has 1 aromatic carbocycles. The topological polar surface area (TPSA) is 18.5 Å². The van der Waals surface area contributed by atoms with Gasteiger partial charge in [-0.15, -0.1) is 0 Å². The summed E-state index contributed by atoms with van der Waals surface area (Å²) in [6.07, 6.45) is 2.04. The molecule has 26 heavy (non-hydrogen) atoms. The van der Waals surface area contributed by atoms with E-state index in [-0.39, 0.29) is 16.2 Å². The van der Waals surface area contributed by atoms with Crippen molar-refractivity contribution in [3.05, 3.63) is 28.8 Å². The molecule has 1 unspecified atom stereocenters. The van der Waals surface area contributed by atoms with Crippen LogP contribution in [0.2, 0.25) is 0 Å². The van der Waals surface area contributed by atoms with Crippen molar-refractivity contribution in [1.82, 2.24) is 0 Å².